The molecule has 0 radical (unpaired) electrons. The van der Waals surface area contributed by atoms with Crippen LogP contribution in [0.1, 0.15) is 58.4 Å². The van der Waals surface area contributed by atoms with Crippen LogP contribution < -0.4 is 4.90 Å². The summed E-state index contributed by atoms with van der Waals surface area (Å²) < 4.78 is 0. The summed E-state index contributed by atoms with van der Waals surface area (Å²) in [7, 11) is 0. The van der Waals surface area contributed by atoms with E-state index in [0.717, 1.165) is 23.5 Å². The van der Waals surface area contributed by atoms with Gasteiger partial charge < -0.3 is 4.90 Å². The SMILES string of the molecule is CC1(C)c2ccccc2-c2ccc(-c3ccc(N(c4ccccc4)c4cc5c6c(cccc6c4)C54c5cccc6cccc(c56)Cc5cccc6cccc4c56)cc3)cc21. The van der Waals surface area contributed by atoms with Crippen molar-refractivity contribution in [1.82, 2.24) is 0 Å². The van der Waals surface area contributed by atoms with E-state index in [4.69, 9.17) is 0 Å². The average Bonchev–Trinajstić information content (AvgIpc) is 3.51. The van der Waals surface area contributed by atoms with Crippen molar-refractivity contribution in [3.8, 4) is 22.3 Å². The highest BCUT2D eigenvalue weighted by molar-refractivity contribution is 6.09. The summed E-state index contributed by atoms with van der Waals surface area (Å²) in [5, 5.41) is 8.01. The first-order chi connectivity index (χ1) is 29.5. The lowest BCUT2D eigenvalue weighted by Crippen LogP contribution is -2.39. The largest absolute Gasteiger partial charge is 0.310 e. The first kappa shape index (κ1) is 33.7. The van der Waals surface area contributed by atoms with Crippen LogP contribution in [0, 0.1) is 0 Å². The molecule has 0 aromatic heterocycles. The van der Waals surface area contributed by atoms with E-state index in [9.17, 15) is 0 Å². The van der Waals surface area contributed by atoms with Crippen molar-refractivity contribution in [1.29, 1.82) is 0 Å². The lowest BCUT2D eigenvalue weighted by molar-refractivity contribution is 0.660. The van der Waals surface area contributed by atoms with Crippen LogP contribution in [0.4, 0.5) is 17.1 Å². The van der Waals surface area contributed by atoms with Crippen molar-refractivity contribution < 1.29 is 0 Å². The minimum atomic E-state index is -0.455. The fourth-order valence-electron chi connectivity index (χ4n) is 11.6. The van der Waals surface area contributed by atoms with E-state index in [2.05, 4.69) is 219 Å². The summed E-state index contributed by atoms with van der Waals surface area (Å²) in [5.41, 5.74) is 19.2. The van der Waals surface area contributed by atoms with Crippen molar-refractivity contribution in [2.75, 3.05) is 4.90 Å². The zero-order valence-electron chi connectivity index (χ0n) is 33.7. The minimum absolute atomic E-state index is 0.0420. The summed E-state index contributed by atoms with van der Waals surface area (Å²) in [4.78, 5) is 2.45. The number of rotatable bonds is 4. The van der Waals surface area contributed by atoms with E-state index in [-0.39, 0.29) is 5.41 Å². The Bertz CT molecular complexity index is 3330. The molecule has 0 unspecified atom stereocenters. The first-order valence-electron chi connectivity index (χ1n) is 21.3. The third kappa shape index (κ3) is 4.42. The molecule has 0 aliphatic heterocycles. The molecule has 0 saturated carbocycles. The molecular weight excluding hydrogens is 723 g/mol. The van der Waals surface area contributed by atoms with Crippen molar-refractivity contribution in [2.45, 2.75) is 31.1 Å². The molecule has 3 aliphatic rings. The highest BCUT2D eigenvalue weighted by atomic mass is 15.1. The number of hydrogen-bond acceptors (Lipinski definition) is 1. The van der Waals surface area contributed by atoms with Gasteiger partial charge in [-0.3, -0.25) is 0 Å². The van der Waals surface area contributed by atoms with Crippen LogP contribution in [0.5, 0.6) is 0 Å². The van der Waals surface area contributed by atoms with Crippen LogP contribution >= 0.6 is 0 Å². The van der Waals surface area contributed by atoms with Crippen LogP contribution in [0.3, 0.4) is 0 Å². The molecule has 0 N–H and O–H groups in total. The van der Waals surface area contributed by atoms with Gasteiger partial charge in [0.25, 0.3) is 0 Å². The maximum Gasteiger partial charge on any atom is 0.0726 e. The van der Waals surface area contributed by atoms with Gasteiger partial charge in [0.2, 0.25) is 0 Å². The number of fused-ring (bicyclic) bond motifs is 7. The number of nitrogens with zero attached hydrogens (tertiary/aromatic N) is 1. The summed E-state index contributed by atoms with van der Waals surface area (Å²) in [5.74, 6) is 0. The van der Waals surface area contributed by atoms with Gasteiger partial charge in [0.1, 0.15) is 0 Å². The van der Waals surface area contributed by atoms with E-state index in [0.29, 0.717) is 0 Å². The van der Waals surface area contributed by atoms with E-state index in [1.165, 1.54) is 99.1 Å². The first-order valence-corrected chi connectivity index (χ1v) is 21.3. The van der Waals surface area contributed by atoms with E-state index < -0.39 is 5.41 Å². The van der Waals surface area contributed by atoms with Gasteiger partial charge in [-0.1, -0.05) is 172 Å². The zero-order valence-corrected chi connectivity index (χ0v) is 33.7. The molecule has 10 aromatic rings. The third-order valence-corrected chi connectivity index (χ3v) is 14.3. The summed E-state index contributed by atoms with van der Waals surface area (Å²) in [6.07, 6.45) is 0.907. The molecule has 13 rings (SSSR count). The summed E-state index contributed by atoms with van der Waals surface area (Å²) in [6.45, 7) is 4.72. The van der Waals surface area contributed by atoms with Crippen LogP contribution in [-0.2, 0) is 17.3 Å². The lowest BCUT2D eigenvalue weighted by Gasteiger charge is -2.48. The Labute approximate surface area is 350 Å². The Hall–Kier alpha value is -7.22. The average molecular weight is 764 g/mol. The van der Waals surface area contributed by atoms with Crippen molar-refractivity contribution in [3.05, 3.63) is 245 Å². The molecule has 3 aliphatic carbocycles. The highest BCUT2D eigenvalue weighted by Gasteiger charge is 2.50. The molecular formula is C59H41N. The second-order valence-electron chi connectivity index (χ2n) is 17.6. The Morgan fingerprint density at radius 3 is 1.57 bits per heavy atom. The molecule has 60 heavy (non-hydrogen) atoms. The van der Waals surface area contributed by atoms with Gasteiger partial charge in [-0.05, 0) is 148 Å². The van der Waals surface area contributed by atoms with Gasteiger partial charge in [0.15, 0.2) is 0 Å². The lowest BCUT2D eigenvalue weighted by atomic mass is 9.54. The molecule has 0 saturated heterocycles. The quantitative estimate of drug-likeness (QED) is 0.173. The maximum absolute atomic E-state index is 2.51. The second-order valence-corrected chi connectivity index (χ2v) is 17.6. The van der Waals surface area contributed by atoms with Gasteiger partial charge in [-0.25, -0.2) is 0 Å². The van der Waals surface area contributed by atoms with Gasteiger partial charge in [-0.15, -0.1) is 0 Å². The van der Waals surface area contributed by atoms with Crippen molar-refractivity contribution in [3.63, 3.8) is 0 Å². The van der Waals surface area contributed by atoms with Gasteiger partial charge >= 0.3 is 0 Å². The smallest absolute Gasteiger partial charge is 0.0726 e. The highest BCUT2D eigenvalue weighted by Crippen LogP contribution is 2.61. The molecule has 0 bridgehead atoms. The number of para-hydroxylation sites is 1. The fourth-order valence-corrected chi connectivity index (χ4v) is 11.6. The topological polar surface area (TPSA) is 3.24 Å². The zero-order chi connectivity index (χ0) is 39.7. The number of benzene rings is 10. The number of anilines is 3. The summed E-state index contributed by atoms with van der Waals surface area (Å²) >= 11 is 0. The maximum atomic E-state index is 2.51. The van der Waals surface area contributed by atoms with Crippen molar-refractivity contribution in [2.24, 2.45) is 0 Å². The predicted molar refractivity (Wildman–Crippen MR) is 251 cm³/mol. The Kier molecular flexibility index (Phi) is 6.84. The molecule has 1 heteroatoms. The third-order valence-electron chi connectivity index (χ3n) is 14.3. The fraction of sp³-hybridized carbons (Fsp3) is 0.0847. The predicted octanol–water partition coefficient (Wildman–Crippen LogP) is 15.2. The normalized spacial score (nSPS) is 14.7. The van der Waals surface area contributed by atoms with Crippen LogP contribution in [-0.4, -0.2) is 0 Å². The molecule has 0 heterocycles. The Balaban J connectivity index is 1.01. The van der Waals surface area contributed by atoms with Gasteiger partial charge in [0, 0.05) is 22.5 Å². The van der Waals surface area contributed by atoms with E-state index in [1.54, 1.807) is 0 Å². The second kappa shape index (κ2) is 12.2. The van der Waals surface area contributed by atoms with E-state index in [1.807, 2.05) is 0 Å². The standard InChI is InChI=1S/C59H41N/c1-58(2)49-23-7-6-22-47(49)48-32-29-40(35-53(48)58)37-27-30-45(31-28-37)60(44-20-4-3-5-21-44)46-34-43-19-12-26-52-57(43)54(36-46)59(52)50-24-10-15-38-13-8-17-41(55(38)50)33-42-18-9-14-39-16-11-25-51(59)56(39)42/h3-32,34-36H,33H2,1-2H3. The van der Waals surface area contributed by atoms with Gasteiger partial charge in [0.05, 0.1) is 5.41 Å². The Morgan fingerprint density at radius 2 is 0.883 bits per heavy atom. The molecule has 0 amide bonds. The monoisotopic (exact) mass is 763 g/mol. The van der Waals surface area contributed by atoms with Crippen molar-refractivity contribution >= 4 is 49.4 Å². The minimum Gasteiger partial charge on any atom is -0.310 e. The molecule has 1 spiro atoms. The molecule has 1 nitrogen and oxygen atoms in total. The van der Waals surface area contributed by atoms with Gasteiger partial charge in [-0.2, -0.15) is 0 Å². The number of hydrogen-bond donors (Lipinski definition) is 0. The Morgan fingerprint density at radius 1 is 0.350 bits per heavy atom. The molecule has 282 valence electrons. The van der Waals surface area contributed by atoms with Crippen LogP contribution in [0.2, 0.25) is 0 Å². The molecule has 10 aromatic carbocycles. The van der Waals surface area contributed by atoms with Crippen LogP contribution in [0.15, 0.2) is 200 Å². The summed E-state index contributed by atoms with van der Waals surface area (Å²) in [6, 6.07) is 75.7. The van der Waals surface area contributed by atoms with E-state index >= 15 is 0 Å². The van der Waals surface area contributed by atoms with Crippen LogP contribution in [0.25, 0.3) is 54.6 Å². The molecule has 0 fully saturated rings. The molecule has 0 atom stereocenters.